The van der Waals surface area contributed by atoms with E-state index in [0.717, 1.165) is 32.4 Å². The van der Waals surface area contributed by atoms with Crippen LogP contribution in [0.4, 0.5) is 18.3 Å². The van der Waals surface area contributed by atoms with Gasteiger partial charge in [-0.3, -0.25) is 0 Å². The largest absolute Gasteiger partial charge is 0.416 e. The first kappa shape index (κ1) is 19.7. The Kier molecular flexibility index (Phi) is 5.48. The molecule has 10 heteroatoms. The van der Waals surface area contributed by atoms with Crippen molar-refractivity contribution < 1.29 is 13.2 Å². The zero-order valence-electron chi connectivity index (χ0n) is 15.0. The predicted molar refractivity (Wildman–Crippen MR) is 110 cm³/mol. The molecule has 5 nitrogen and oxygen atoms in total. The number of hydrogen-bond donors (Lipinski definition) is 2. The van der Waals surface area contributed by atoms with E-state index in [1.165, 1.54) is 28.7 Å². The summed E-state index contributed by atoms with van der Waals surface area (Å²) in [6.45, 7) is 0.393. The van der Waals surface area contributed by atoms with Crippen LogP contribution in [-0.2, 0) is 12.6 Å². The molecular formula is C19H16F3N5S2. The number of benzene rings is 1. The van der Waals surface area contributed by atoms with Crippen LogP contribution < -0.4 is 11.1 Å². The highest BCUT2D eigenvalue weighted by molar-refractivity contribution is 7.26. The summed E-state index contributed by atoms with van der Waals surface area (Å²) in [6.07, 6.45) is -0.552. The fourth-order valence-corrected chi connectivity index (χ4v) is 4.57. The Bertz CT molecular complexity index is 1090. The molecule has 0 spiro atoms. The van der Waals surface area contributed by atoms with Gasteiger partial charge >= 0.3 is 6.18 Å². The number of nitrogens with two attached hydrogens (primary N) is 1. The van der Waals surface area contributed by atoms with E-state index in [0.29, 0.717) is 23.7 Å². The van der Waals surface area contributed by atoms with E-state index in [-0.39, 0.29) is 6.04 Å². The highest BCUT2D eigenvalue weighted by Gasteiger charge is 2.30. The second kappa shape index (κ2) is 8.05. The monoisotopic (exact) mass is 435 g/mol. The van der Waals surface area contributed by atoms with Crippen LogP contribution in [0.15, 0.2) is 48.8 Å². The van der Waals surface area contributed by atoms with Crippen LogP contribution in [0.3, 0.4) is 0 Å². The number of rotatable bonds is 6. The molecule has 0 aliphatic rings. The van der Waals surface area contributed by atoms with Gasteiger partial charge in [-0.2, -0.15) is 13.2 Å². The number of alkyl halides is 3. The van der Waals surface area contributed by atoms with E-state index in [1.54, 1.807) is 18.5 Å². The lowest BCUT2D eigenvalue weighted by atomic mass is 10.0. The first-order valence-electron chi connectivity index (χ1n) is 8.72. The summed E-state index contributed by atoms with van der Waals surface area (Å²) in [4.78, 5) is 15.0. The lowest BCUT2D eigenvalue weighted by Gasteiger charge is -2.14. The first-order valence-corrected chi connectivity index (χ1v) is 10.3. The number of nitrogens with one attached hydrogen (secondary N) is 1. The summed E-state index contributed by atoms with van der Waals surface area (Å²) in [5.74, 6) is 0. The van der Waals surface area contributed by atoms with Crippen LogP contribution in [0.5, 0.6) is 0 Å². The van der Waals surface area contributed by atoms with Gasteiger partial charge in [0.2, 0.25) is 0 Å². The molecule has 0 radical (unpaired) electrons. The summed E-state index contributed by atoms with van der Waals surface area (Å²) in [5.41, 5.74) is 6.83. The van der Waals surface area contributed by atoms with Crippen molar-refractivity contribution in [2.75, 3.05) is 11.9 Å². The standard InChI is InChI=1S/C19H16F3N5S2/c20-19(21,22)12-4-1-3-11(7-12)8-13(23)9-25-18-26-10-15(28-18)17-27-14-5-2-6-24-16(14)29-17/h1-7,10,13H,8-9,23H2,(H,25,26)/t13-/m0/s1. The van der Waals surface area contributed by atoms with Crippen molar-refractivity contribution in [1.29, 1.82) is 0 Å². The van der Waals surface area contributed by atoms with E-state index in [4.69, 9.17) is 5.73 Å². The van der Waals surface area contributed by atoms with Crippen molar-refractivity contribution in [3.63, 3.8) is 0 Å². The van der Waals surface area contributed by atoms with Gasteiger partial charge in [-0.1, -0.05) is 40.9 Å². The third-order valence-corrected chi connectivity index (χ3v) is 6.25. The van der Waals surface area contributed by atoms with E-state index >= 15 is 0 Å². The van der Waals surface area contributed by atoms with Crippen molar-refractivity contribution in [2.45, 2.75) is 18.6 Å². The Morgan fingerprint density at radius 1 is 1.10 bits per heavy atom. The number of pyridine rings is 1. The molecule has 4 aromatic rings. The lowest BCUT2D eigenvalue weighted by Crippen LogP contribution is -2.31. The highest BCUT2D eigenvalue weighted by Crippen LogP contribution is 2.34. The quantitative estimate of drug-likeness (QED) is 0.454. The normalized spacial score (nSPS) is 13.0. The molecule has 4 rings (SSSR count). The van der Waals surface area contributed by atoms with Gasteiger partial charge in [0.15, 0.2) is 5.13 Å². The van der Waals surface area contributed by atoms with Gasteiger partial charge in [0, 0.05) is 18.8 Å². The molecule has 0 saturated carbocycles. The van der Waals surface area contributed by atoms with Crippen LogP contribution in [0, 0.1) is 0 Å². The minimum absolute atomic E-state index is 0.332. The Balaban J connectivity index is 1.37. The maximum Gasteiger partial charge on any atom is 0.416 e. The zero-order valence-corrected chi connectivity index (χ0v) is 16.6. The smallest absolute Gasteiger partial charge is 0.360 e. The van der Waals surface area contributed by atoms with Crippen LogP contribution in [0.25, 0.3) is 20.2 Å². The average molecular weight is 436 g/mol. The summed E-state index contributed by atoms with van der Waals surface area (Å²) in [6, 6.07) is 8.66. The third kappa shape index (κ3) is 4.72. The van der Waals surface area contributed by atoms with Crippen LogP contribution in [-0.4, -0.2) is 27.5 Å². The molecule has 0 aliphatic carbocycles. The number of nitrogens with zero attached hydrogens (tertiary/aromatic N) is 3. The van der Waals surface area contributed by atoms with Gasteiger partial charge in [-0.05, 0) is 30.2 Å². The maximum atomic E-state index is 12.8. The van der Waals surface area contributed by atoms with Crippen molar-refractivity contribution in [3.05, 3.63) is 59.9 Å². The second-order valence-electron chi connectivity index (χ2n) is 6.42. The Morgan fingerprint density at radius 3 is 2.76 bits per heavy atom. The Morgan fingerprint density at radius 2 is 1.97 bits per heavy atom. The summed E-state index contributed by atoms with van der Waals surface area (Å²) < 4.78 is 38.5. The van der Waals surface area contributed by atoms with Crippen LogP contribution in [0.1, 0.15) is 11.1 Å². The molecule has 0 fully saturated rings. The second-order valence-corrected chi connectivity index (χ2v) is 8.43. The molecule has 29 heavy (non-hydrogen) atoms. The van der Waals surface area contributed by atoms with Crippen LogP contribution in [0.2, 0.25) is 0 Å². The minimum atomic E-state index is -4.36. The van der Waals surface area contributed by atoms with Crippen molar-refractivity contribution in [3.8, 4) is 9.88 Å². The molecule has 0 aliphatic heterocycles. The van der Waals surface area contributed by atoms with E-state index in [9.17, 15) is 13.2 Å². The van der Waals surface area contributed by atoms with Crippen molar-refractivity contribution >= 4 is 38.2 Å². The molecule has 3 aromatic heterocycles. The molecule has 0 bridgehead atoms. The van der Waals surface area contributed by atoms with Crippen LogP contribution >= 0.6 is 22.7 Å². The molecule has 3 N–H and O–H groups in total. The molecular weight excluding hydrogens is 419 g/mol. The summed E-state index contributed by atoms with van der Waals surface area (Å²) in [7, 11) is 0. The summed E-state index contributed by atoms with van der Waals surface area (Å²) >= 11 is 2.95. The SMILES string of the molecule is N[C@H](CNc1ncc(-c2nc3cccnc3s2)s1)Cc1cccc(C(F)(F)F)c1. The maximum absolute atomic E-state index is 12.8. The number of fused-ring (bicyclic) bond motifs is 1. The van der Waals surface area contributed by atoms with Gasteiger partial charge in [0.05, 0.1) is 16.6 Å². The van der Waals surface area contributed by atoms with Gasteiger partial charge in [-0.25, -0.2) is 15.0 Å². The Labute approximate surface area is 172 Å². The van der Waals surface area contributed by atoms with Gasteiger partial charge in [-0.15, -0.1) is 0 Å². The highest BCUT2D eigenvalue weighted by atomic mass is 32.1. The van der Waals surface area contributed by atoms with Crippen molar-refractivity contribution in [2.24, 2.45) is 5.73 Å². The van der Waals surface area contributed by atoms with E-state index < -0.39 is 11.7 Å². The fourth-order valence-electron chi connectivity index (χ4n) is 2.80. The average Bonchev–Trinajstić information content (AvgIpc) is 3.32. The Hall–Kier alpha value is -2.56. The van der Waals surface area contributed by atoms with Gasteiger partial charge < -0.3 is 11.1 Å². The number of aromatic nitrogens is 3. The van der Waals surface area contributed by atoms with Gasteiger partial charge in [0.25, 0.3) is 0 Å². The van der Waals surface area contributed by atoms with E-state index in [2.05, 4.69) is 20.3 Å². The van der Waals surface area contributed by atoms with E-state index in [1.807, 2.05) is 12.1 Å². The van der Waals surface area contributed by atoms with Crippen molar-refractivity contribution in [1.82, 2.24) is 15.0 Å². The molecule has 0 unspecified atom stereocenters. The predicted octanol–water partition coefficient (Wildman–Crippen LogP) is 4.82. The molecule has 150 valence electrons. The number of halogens is 3. The molecule has 1 atom stereocenters. The molecule has 0 amide bonds. The number of anilines is 1. The fraction of sp³-hybridized carbons (Fsp3) is 0.211. The number of hydrogen-bond acceptors (Lipinski definition) is 7. The zero-order chi connectivity index (χ0) is 20.4. The van der Waals surface area contributed by atoms with Gasteiger partial charge in [0.1, 0.15) is 15.4 Å². The molecule has 3 heterocycles. The molecule has 0 saturated heterocycles. The summed E-state index contributed by atoms with van der Waals surface area (Å²) in [5, 5.41) is 4.69. The third-order valence-electron chi connectivity index (χ3n) is 4.15. The lowest BCUT2D eigenvalue weighted by molar-refractivity contribution is -0.137. The first-order chi connectivity index (χ1) is 13.9. The molecule has 1 aromatic carbocycles. The topological polar surface area (TPSA) is 76.7 Å². The number of thiazole rings is 2. The minimum Gasteiger partial charge on any atom is -0.360 e.